The first-order chi connectivity index (χ1) is 12.2. The number of benzene rings is 2. The van der Waals surface area contributed by atoms with Gasteiger partial charge in [-0.05, 0) is 42.5 Å². The maximum Gasteiger partial charge on any atom is 0.150 e. The number of anilines is 1. The van der Waals surface area contributed by atoms with Gasteiger partial charge in [0.15, 0.2) is 0 Å². The van der Waals surface area contributed by atoms with Crippen LogP contribution in [-0.4, -0.2) is 35.3 Å². The van der Waals surface area contributed by atoms with Crippen molar-refractivity contribution in [3.05, 3.63) is 54.2 Å². The van der Waals surface area contributed by atoms with Crippen LogP contribution in [0.25, 0.3) is 10.9 Å². The lowest BCUT2D eigenvalue weighted by Gasteiger charge is -2.33. The monoisotopic (exact) mass is 335 g/mol. The van der Waals surface area contributed by atoms with Crippen molar-refractivity contribution in [3.63, 3.8) is 0 Å². The molecule has 1 saturated heterocycles. The van der Waals surface area contributed by atoms with E-state index in [2.05, 4.69) is 22.1 Å². The van der Waals surface area contributed by atoms with Gasteiger partial charge in [0.1, 0.15) is 18.1 Å². The molecule has 1 aliphatic heterocycles. The normalized spacial score (nSPS) is 15.5. The minimum absolute atomic E-state index is 0.236. The van der Waals surface area contributed by atoms with Gasteiger partial charge in [-0.25, -0.2) is 0 Å². The summed E-state index contributed by atoms with van der Waals surface area (Å²) in [6.45, 7) is 1.92. The van der Waals surface area contributed by atoms with Crippen LogP contribution < -0.4 is 9.64 Å². The van der Waals surface area contributed by atoms with Crippen LogP contribution in [0.4, 0.5) is 5.69 Å². The molecule has 0 bridgehead atoms. The smallest absolute Gasteiger partial charge is 0.150 e. The lowest BCUT2D eigenvalue weighted by Crippen LogP contribution is -2.38. The average molecular weight is 335 g/mol. The van der Waals surface area contributed by atoms with Gasteiger partial charge >= 0.3 is 0 Å². The molecule has 0 N–H and O–H groups in total. The van der Waals surface area contributed by atoms with E-state index in [0.29, 0.717) is 5.56 Å². The lowest BCUT2D eigenvalue weighted by atomic mass is 10.1. The summed E-state index contributed by atoms with van der Waals surface area (Å²) in [5, 5.41) is 5.38. The van der Waals surface area contributed by atoms with Crippen molar-refractivity contribution in [3.8, 4) is 5.75 Å². The van der Waals surface area contributed by atoms with Crippen LogP contribution in [0, 0.1) is 0 Å². The summed E-state index contributed by atoms with van der Waals surface area (Å²) in [4.78, 5) is 13.1. The molecule has 25 heavy (non-hydrogen) atoms. The molecule has 2 heterocycles. The van der Waals surface area contributed by atoms with Crippen LogP contribution >= 0.6 is 0 Å². The zero-order valence-corrected chi connectivity index (χ0v) is 14.3. The molecule has 128 valence electrons. The number of piperidine rings is 1. The first kappa shape index (κ1) is 15.7. The molecule has 5 nitrogen and oxygen atoms in total. The fourth-order valence-electron chi connectivity index (χ4n) is 3.40. The predicted molar refractivity (Wildman–Crippen MR) is 98.4 cm³/mol. The minimum Gasteiger partial charge on any atom is -0.490 e. The van der Waals surface area contributed by atoms with Crippen LogP contribution in [0.2, 0.25) is 0 Å². The molecular weight excluding hydrogens is 314 g/mol. The van der Waals surface area contributed by atoms with E-state index in [1.165, 1.54) is 5.69 Å². The number of carbonyl (C=O) groups is 1. The van der Waals surface area contributed by atoms with E-state index in [0.717, 1.165) is 48.9 Å². The first-order valence-electron chi connectivity index (χ1n) is 8.61. The largest absolute Gasteiger partial charge is 0.490 e. The summed E-state index contributed by atoms with van der Waals surface area (Å²) in [6.07, 6.45) is 4.96. The van der Waals surface area contributed by atoms with E-state index in [4.69, 9.17) is 4.74 Å². The van der Waals surface area contributed by atoms with Crippen LogP contribution in [0.3, 0.4) is 0 Å². The third kappa shape index (κ3) is 3.22. The molecule has 1 aromatic heterocycles. The molecule has 0 amide bonds. The van der Waals surface area contributed by atoms with Gasteiger partial charge in [-0.15, -0.1) is 0 Å². The standard InChI is InChI=1S/C20H21N3O2/c1-22-20-7-6-19(12-16(20)13-21-22)25-18-8-10-23(11-9-18)17-4-2-15(14-24)3-5-17/h2-7,12-14,18H,8-11H2,1H3. The number of hydrogen-bond acceptors (Lipinski definition) is 4. The third-order valence-electron chi connectivity index (χ3n) is 4.86. The van der Waals surface area contributed by atoms with Crippen molar-refractivity contribution in [2.24, 2.45) is 7.05 Å². The molecule has 0 aliphatic carbocycles. The molecule has 0 radical (unpaired) electrons. The van der Waals surface area contributed by atoms with Gasteiger partial charge in [0, 0.05) is 49.6 Å². The zero-order valence-electron chi connectivity index (χ0n) is 14.3. The Labute approximate surface area is 146 Å². The quantitative estimate of drug-likeness (QED) is 0.685. The molecule has 0 spiro atoms. The molecule has 0 unspecified atom stereocenters. The van der Waals surface area contributed by atoms with Gasteiger partial charge in [-0.1, -0.05) is 0 Å². The highest BCUT2D eigenvalue weighted by molar-refractivity contribution is 5.80. The Morgan fingerprint density at radius 3 is 2.60 bits per heavy atom. The Balaban J connectivity index is 1.38. The highest BCUT2D eigenvalue weighted by Gasteiger charge is 2.21. The molecule has 1 aliphatic rings. The number of nitrogens with zero attached hydrogens (tertiary/aromatic N) is 3. The topological polar surface area (TPSA) is 47.4 Å². The molecule has 0 atom stereocenters. The van der Waals surface area contributed by atoms with Crippen molar-refractivity contribution < 1.29 is 9.53 Å². The second kappa shape index (κ2) is 6.59. The van der Waals surface area contributed by atoms with E-state index in [1.54, 1.807) is 0 Å². The summed E-state index contributed by atoms with van der Waals surface area (Å²) >= 11 is 0. The van der Waals surface area contributed by atoms with E-state index < -0.39 is 0 Å². The van der Waals surface area contributed by atoms with Gasteiger partial charge in [-0.3, -0.25) is 9.48 Å². The van der Waals surface area contributed by atoms with Crippen LogP contribution in [-0.2, 0) is 7.05 Å². The van der Waals surface area contributed by atoms with E-state index in [-0.39, 0.29) is 6.10 Å². The van der Waals surface area contributed by atoms with E-state index >= 15 is 0 Å². The Bertz CT molecular complexity index is 878. The maximum absolute atomic E-state index is 10.8. The van der Waals surface area contributed by atoms with Gasteiger partial charge in [0.25, 0.3) is 0 Å². The van der Waals surface area contributed by atoms with E-state index in [1.807, 2.05) is 48.3 Å². The summed E-state index contributed by atoms with van der Waals surface area (Å²) < 4.78 is 8.05. The van der Waals surface area contributed by atoms with Crippen molar-refractivity contribution in [1.82, 2.24) is 9.78 Å². The lowest BCUT2D eigenvalue weighted by molar-refractivity contribution is 0.112. The highest BCUT2D eigenvalue weighted by atomic mass is 16.5. The van der Waals surface area contributed by atoms with Crippen molar-refractivity contribution >= 4 is 22.9 Å². The number of hydrogen-bond donors (Lipinski definition) is 0. The fourth-order valence-corrected chi connectivity index (χ4v) is 3.40. The van der Waals surface area contributed by atoms with Gasteiger partial charge in [-0.2, -0.15) is 5.10 Å². The molecule has 4 rings (SSSR count). The third-order valence-corrected chi connectivity index (χ3v) is 4.86. The van der Waals surface area contributed by atoms with Crippen molar-refractivity contribution in [1.29, 1.82) is 0 Å². The van der Waals surface area contributed by atoms with Crippen molar-refractivity contribution in [2.45, 2.75) is 18.9 Å². The number of aryl methyl sites for hydroxylation is 1. The number of carbonyl (C=O) groups excluding carboxylic acids is 1. The highest BCUT2D eigenvalue weighted by Crippen LogP contribution is 2.25. The van der Waals surface area contributed by atoms with Gasteiger partial charge < -0.3 is 9.64 Å². The van der Waals surface area contributed by atoms with Gasteiger partial charge in [0.05, 0.1) is 11.7 Å². The molecule has 1 fully saturated rings. The number of aromatic nitrogens is 2. The Hall–Kier alpha value is -2.82. The summed E-state index contributed by atoms with van der Waals surface area (Å²) in [5.41, 5.74) is 2.99. The molecule has 3 aromatic rings. The van der Waals surface area contributed by atoms with Crippen LogP contribution in [0.15, 0.2) is 48.7 Å². The summed E-state index contributed by atoms with van der Waals surface area (Å²) in [7, 11) is 1.94. The number of aldehydes is 1. The van der Waals surface area contributed by atoms with Crippen LogP contribution in [0.1, 0.15) is 23.2 Å². The number of fused-ring (bicyclic) bond motifs is 1. The second-order valence-electron chi connectivity index (χ2n) is 6.50. The SMILES string of the molecule is Cn1ncc2cc(OC3CCN(c4ccc(C=O)cc4)CC3)ccc21. The second-order valence-corrected chi connectivity index (χ2v) is 6.50. The molecular formula is C20H21N3O2. The number of ether oxygens (including phenoxy) is 1. The number of rotatable bonds is 4. The fraction of sp³-hybridized carbons (Fsp3) is 0.300. The Morgan fingerprint density at radius 1 is 1.12 bits per heavy atom. The molecule has 2 aromatic carbocycles. The minimum atomic E-state index is 0.236. The maximum atomic E-state index is 10.8. The summed E-state index contributed by atoms with van der Waals surface area (Å²) in [5.74, 6) is 0.911. The van der Waals surface area contributed by atoms with Crippen molar-refractivity contribution in [2.75, 3.05) is 18.0 Å². The van der Waals surface area contributed by atoms with Gasteiger partial charge in [0.2, 0.25) is 0 Å². The van der Waals surface area contributed by atoms with Crippen LogP contribution in [0.5, 0.6) is 5.75 Å². The Morgan fingerprint density at radius 2 is 1.88 bits per heavy atom. The zero-order chi connectivity index (χ0) is 17.2. The van der Waals surface area contributed by atoms with E-state index in [9.17, 15) is 4.79 Å². The molecule has 5 heteroatoms. The Kier molecular flexibility index (Phi) is 4.14. The summed E-state index contributed by atoms with van der Waals surface area (Å²) in [6, 6.07) is 13.9. The molecule has 0 saturated carbocycles. The predicted octanol–water partition coefficient (Wildman–Crippen LogP) is 3.43. The first-order valence-corrected chi connectivity index (χ1v) is 8.61. The average Bonchev–Trinajstić information content (AvgIpc) is 3.03.